The van der Waals surface area contributed by atoms with E-state index in [0.717, 1.165) is 38.5 Å². The molecule has 3 N–H and O–H groups in total. The van der Waals surface area contributed by atoms with Crippen LogP contribution in [0.5, 0.6) is 0 Å². The van der Waals surface area contributed by atoms with E-state index in [1.165, 1.54) is 0 Å². The van der Waals surface area contributed by atoms with E-state index in [-0.39, 0.29) is 18.4 Å². The van der Waals surface area contributed by atoms with Gasteiger partial charge in [-0.15, -0.1) is 0 Å². The molecule has 0 saturated heterocycles. The summed E-state index contributed by atoms with van der Waals surface area (Å²) in [7, 11) is 1.87. The number of hydrogen-bond donors (Lipinski definition) is 3. The van der Waals surface area contributed by atoms with Crippen molar-refractivity contribution in [3.63, 3.8) is 0 Å². The quantitative estimate of drug-likeness (QED) is 0.553. The maximum atomic E-state index is 13.2. The Hall–Kier alpha value is -3.44. The summed E-state index contributed by atoms with van der Waals surface area (Å²) in [5.74, 6) is -0.276. The maximum absolute atomic E-state index is 13.2. The van der Waals surface area contributed by atoms with Crippen LogP contribution in [0.2, 0.25) is 0 Å². The molecule has 160 valence electrons. The van der Waals surface area contributed by atoms with Crippen molar-refractivity contribution in [3.05, 3.63) is 95.1 Å². The maximum Gasteiger partial charge on any atom is 0.287 e. The molecule has 0 aliphatic carbocycles. The fourth-order valence-electron chi connectivity index (χ4n) is 3.59. The number of carbonyl (C=O) groups excluding carboxylic acids is 2. The topological polar surface area (TPSA) is 62.6 Å². The van der Waals surface area contributed by atoms with Crippen molar-refractivity contribution in [2.45, 2.75) is 26.8 Å². The minimum Gasteiger partial charge on any atom is -0.321 e. The summed E-state index contributed by atoms with van der Waals surface area (Å²) in [4.78, 5) is 26.8. The van der Waals surface area contributed by atoms with E-state index >= 15 is 0 Å². The highest BCUT2D eigenvalue weighted by Gasteiger charge is 2.30. The van der Waals surface area contributed by atoms with E-state index in [9.17, 15) is 9.59 Å². The minimum absolute atomic E-state index is 0.129. The Morgan fingerprint density at radius 3 is 2.19 bits per heavy atom. The number of benzene rings is 3. The van der Waals surface area contributed by atoms with Gasteiger partial charge in [0.25, 0.3) is 11.8 Å². The molecule has 5 nitrogen and oxygen atoms in total. The number of quaternary nitrogens is 1. The zero-order chi connectivity index (χ0) is 22.4. The zero-order valence-corrected chi connectivity index (χ0v) is 18.5. The lowest BCUT2D eigenvalue weighted by atomic mass is 10.0. The van der Waals surface area contributed by atoms with Crippen molar-refractivity contribution in [1.29, 1.82) is 0 Å². The van der Waals surface area contributed by atoms with Crippen molar-refractivity contribution < 1.29 is 14.5 Å². The molecule has 0 saturated carbocycles. The van der Waals surface area contributed by atoms with Crippen molar-refractivity contribution in [3.8, 4) is 0 Å². The van der Waals surface area contributed by atoms with Gasteiger partial charge >= 0.3 is 0 Å². The summed E-state index contributed by atoms with van der Waals surface area (Å²) in [5, 5.41) is 5.99. The molecule has 0 spiro atoms. The number of carbonyl (C=O) groups is 2. The molecular weight excluding hydrogens is 386 g/mol. The number of anilines is 2. The van der Waals surface area contributed by atoms with Crippen LogP contribution in [0.1, 0.15) is 28.3 Å². The molecular formula is C26H30N3O2+. The van der Waals surface area contributed by atoms with Crippen LogP contribution in [-0.4, -0.2) is 25.4 Å². The third-order valence-electron chi connectivity index (χ3n) is 5.53. The van der Waals surface area contributed by atoms with Crippen LogP contribution in [0.25, 0.3) is 0 Å². The summed E-state index contributed by atoms with van der Waals surface area (Å²) in [6, 6.07) is 22.6. The Morgan fingerprint density at radius 2 is 1.52 bits per heavy atom. The summed E-state index contributed by atoms with van der Waals surface area (Å²) in [5.41, 5.74) is 5.71. The van der Waals surface area contributed by atoms with Crippen molar-refractivity contribution in [2.75, 3.05) is 24.2 Å². The van der Waals surface area contributed by atoms with Crippen molar-refractivity contribution in [2.24, 2.45) is 0 Å². The lowest BCUT2D eigenvalue weighted by molar-refractivity contribution is -0.893. The molecule has 3 aromatic rings. The van der Waals surface area contributed by atoms with E-state index in [4.69, 9.17) is 0 Å². The number of rotatable bonds is 7. The largest absolute Gasteiger partial charge is 0.321 e. The Kier molecular flexibility index (Phi) is 7.21. The van der Waals surface area contributed by atoms with Crippen LogP contribution in [0.3, 0.4) is 0 Å². The van der Waals surface area contributed by atoms with Crippen LogP contribution in [0.15, 0.2) is 72.8 Å². The third-order valence-corrected chi connectivity index (χ3v) is 5.53. The van der Waals surface area contributed by atoms with Gasteiger partial charge in [0.15, 0.2) is 12.6 Å². The Balaban J connectivity index is 1.76. The smallest absolute Gasteiger partial charge is 0.287 e. The highest BCUT2D eigenvalue weighted by molar-refractivity contribution is 5.95. The molecule has 1 unspecified atom stereocenters. The van der Waals surface area contributed by atoms with Crippen LogP contribution >= 0.6 is 0 Å². The Bertz CT molecular complexity index is 1050. The molecule has 0 aliphatic heterocycles. The van der Waals surface area contributed by atoms with Crippen LogP contribution in [0.4, 0.5) is 11.4 Å². The van der Waals surface area contributed by atoms with Gasteiger partial charge in [-0.1, -0.05) is 60.2 Å². The van der Waals surface area contributed by atoms with Gasteiger partial charge in [0.1, 0.15) is 0 Å². The third kappa shape index (κ3) is 5.80. The van der Waals surface area contributed by atoms with E-state index < -0.39 is 6.04 Å². The second-order valence-corrected chi connectivity index (χ2v) is 8.02. The standard InChI is InChI=1S/C26H29N3O2/c1-18-13-15-22(16-14-18)27-26(31)25(21-10-6-5-7-11-21)29(4)17-24(30)28-23-12-8-9-19(2)20(23)3/h5-16,25H,17H2,1-4H3,(H,27,31)(H,28,30)/p+1/t25-/m0/s1. The average Bonchev–Trinajstić information content (AvgIpc) is 2.74. The lowest BCUT2D eigenvalue weighted by Gasteiger charge is -2.24. The number of aryl methyl sites for hydroxylation is 2. The first kappa shape index (κ1) is 22.2. The SMILES string of the molecule is Cc1ccc(NC(=O)[C@H](c2ccccc2)[NH+](C)CC(=O)Nc2cccc(C)c2C)cc1. The van der Waals surface area contributed by atoms with Crippen LogP contribution in [0, 0.1) is 20.8 Å². The van der Waals surface area contributed by atoms with Gasteiger partial charge in [0.2, 0.25) is 0 Å². The molecule has 31 heavy (non-hydrogen) atoms. The molecule has 3 rings (SSSR count). The first-order chi connectivity index (χ1) is 14.8. The highest BCUT2D eigenvalue weighted by Crippen LogP contribution is 2.18. The molecule has 0 heterocycles. The molecule has 0 bridgehead atoms. The number of amides is 2. The second kappa shape index (κ2) is 10.0. The van der Waals surface area contributed by atoms with Crippen LogP contribution in [-0.2, 0) is 9.59 Å². The molecule has 0 aliphatic rings. The summed E-state index contributed by atoms with van der Waals surface area (Å²) in [6.45, 7) is 6.17. The molecule has 0 aromatic heterocycles. The van der Waals surface area contributed by atoms with E-state index in [0.29, 0.717) is 0 Å². The Labute approximate surface area is 184 Å². The second-order valence-electron chi connectivity index (χ2n) is 8.02. The van der Waals surface area contributed by atoms with E-state index in [2.05, 4.69) is 10.6 Å². The van der Waals surface area contributed by atoms with Crippen LogP contribution < -0.4 is 15.5 Å². The molecule has 0 radical (unpaired) electrons. The van der Waals surface area contributed by atoms with Gasteiger partial charge in [0, 0.05) is 16.9 Å². The van der Waals surface area contributed by atoms with Gasteiger partial charge in [-0.2, -0.15) is 0 Å². The number of hydrogen-bond acceptors (Lipinski definition) is 2. The summed E-state index contributed by atoms with van der Waals surface area (Å²) in [6.07, 6.45) is 0. The highest BCUT2D eigenvalue weighted by atomic mass is 16.2. The molecule has 5 heteroatoms. The average molecular weight is 417 g/mol. The van der Waals surface area contributed by atoms with Crippen molar-refractivity contribution in [1.82, 2.24) is 0 Å². The predicted octanol–water partition coefficient (Wildman–Crippen LogP) is 3.45. The predicted molar refractivity (Wildman–Crippen MR) is 125 cm³/mol. The Morgan fingerprint density at radius 1 is 0.839 bits per heavy atom. The van der Waals surface area contributed by atoms with Gasteiger partial charge in [-0.3, -0.25) is 9.59 Å². The first-order valence-corrected chi connectivity index (χ1v) is 10.5. The molecule has 0 fully saturated rings. The van der Waals surface area contributed by atoms with Gasteiger partial charge in [-0.25, -0.2) is 0 Å². The number of likely N-dealkylation sites (N-methyl/N-ethyl adjacent to an activating group) is 1. The normalized spacial score (nSPS) is 12.6. The van der Waals surface area contributed by atoms with Gasteiger partial charge in [-0.05, 0) is 50.1 Å². The fraction of sp³-hybridized carbons (Fsp3) is 0.231. The zero-order valence-electron chi connectivity index (χ0n) is 18.5. The summed E-state index contributed by atoms with van der Waals surface area (Å²) >= 11 is 0. The number of nitrogens with one attached hydrogen (secondary N) is 3. The first-order valence-electron chi connectivity index (χ1n) is 10.5. The van der Waals surface area contributed by atoms with Gasteiger partial charge < -0.3 is 15.5 Å². The van der Waals surface area contributed by atoms with E-state index in [1.807, 2.05) is 101 Å². The molecule has 2 amide bonds. The van der Waals surface area contributed by atoms with Crippen molar-refractivity contribution >= 4 is 23.2 Å². The monoisotopic (exact) mass is 416 g/mol. The summed E-state index contributed by atoms with van der Waals surface area (Å²) < 4.78 is 0. The van der Waals surface area contributed by atoms with Gasteiger partial charge in [0.05, 0.1) is 7.05 Å². The van der Waals surface area contributed by atoms with E-state index in [1.54, 1.807) is 0 Å². The molecule has 3 aromatic carbocycles. The fourth-order valence-corrected chi connectivity index (χ4v) is 3.59. The lowest BCUT2D eigenvalue weighted by Crippen LogP contribution is -3.11. The minimum atomic E-state index is -0.521. The molecule has 2 atom stereocenters.